The standard InChI is InChI=1S/C32H24BrCl2IN2O3S/c1-18-4-10-23(15-25(18)34)37-32-38(24-11-5-19(2)26(35)16-24)31(39)29(42-32)14-21-12-27(36)30(28(13-21)40-3)41-17-20-6-8-22(33)9-7-20/h4-16H,17H2,1-3H3/b29-14+,37-32?. The van der Waals surface area contributed by atoms with Gasteiger partial charge in [-0.05, 0) is 125 Å². The van der Waals surface area contributed by atoms with Gasteiger partial charge in [0.15, 0.2) is 16.7 Å². The number of amides is 1. The fourth-order valence-corrected chi connectivity index (χ4v) is 6.51. The minimum atomic E-state index is -0.207. The molecule has 5 nitrogen and oxygen atoms in total. The third-order valence-corrected chi connectivity index (χ3v) is 9.56. The van der Waals surface area contributed by atoms with Crippen molar-refractivity contribution in [2.45, 2.75) is 20.5 Å². The van der Waals surface area contributed by atoms with E-state index >= 15 is 0 Å². The fraction of sp³-hybridized carbons (Fsp3) is 0.125. The van der Waals surface area contributed by atoms with Gasteiger partial charge in [-0.3, -0.25) is 9.69 Å². The Morgan fingerprint density at radius 3 is 2.33 bits per heavy atom. The maximum atomic E-state index is 13.8. The van der Waals surface area contributed by atoms with E-state index in [-0.39, 0.29) is 5.91 Å². The van der Waals surface area contributed by atoms with Crippen LogP contribution in [0.3, 0.4) is 0 Å². The van der Waals surface area contributed by atoms with E-state index in [1.165, 1.54) is 11.8 Å². The third kappa shape index (κ3) is 7.00. The summed E-state index contributed by atoms with van der Waals surface area (Å²) in [5.74, 6) is 1.01. The summed E-state index contributed by atoms with van der Waals surface area (Å²) in [6, 6.07) is 22.9. The van der Waals surface area contributed by atoms with Crippen molar-refractivity contribution in [1.29, 1.82) is 0 Å². The molecule has 4 aromatic carbocycles. The summed E-state index contributed by atoms with van der Waals surface area (Å²) < 4.78 is 13.7. The molecule has 1 saturated heterocycles. The third-order valence-electron chi connectivity index (χ3n) is 6.45. The number of hydrogen-bond donors (Lipinski definition) is 0. The lowest BCUT2D eigenvalue weighted by Crippen LogP contribution is -2.28. The van der Waals surface area contributed by atoms with E-state index in [1.807, 2.05) is 80.6 Å². The number of thioether (sulfide) groups is 1. The van der Waals surface area contributed by atoms with Gasteiger partial charge in [-0.1, -0.05) is 63.4 Å². The number of methoxy groups -OCH3 is 1. The number of benzene rings is 4. The van der Waals surface area contributed by atoms with Gasteiger partial charge in [0.2, 0.25) is 0 Å². The second-order valence-electron chi connectivity index (χ2n) is 9.46. The molecule has 1 heterocycles. The zero-order chi connectivity index (χ0) is 30.0. The van der Waals surface area contributed by atoms with E-state index in [1.54, 1.807) is 24.1 Å². The Balaban J connectivity index is 1.49. The molecule has 1 aliphatic rings. The maximum Gasteiger partial charge on any atom is 0.271 e. The van der Waals surface area contributed by atoms with Crippen LogP contribution < -0.4 is 14.4 Å². The molecule has 5 rings (SSSR count). The van der Waals surface area contributed by atoms with Gasteiger partial charge >= 0.3 is 0 Å². The van der Waals surface area contributed by atoms with Crippen molar-refractivity contribution in [2.24, 2.45) is 4.99 Å². The summed E-state index contributed by atoms with van der Waals surface area (Å²) in [5, 5.41) is 1.68. The predicted molar refractivity (Wildman–Crippen MR) is 187 cm³/mol. The average molecular weight is 794 g/mol. The second kappa shape index (κ2) is 13.4. The molecule has 0 atom stereocenters. The highest BCUT2D eigenvalue weighted by Crippen LogP contribution is 2.41. The van der Waals surface area contributed by atoms with Gasteiger partial charge in [0.25, 0.3) is 5.91 Å². The van der Waals surface area contributed by atoms with E-state index in [0.29, 0.717) is 49.6 Å². The Morgan fingerprint density at radius 2 is 1.67 bits per heavy atom. The first-order chi connectivity index (χ1) is 20.1. The number of aliphatic imine (C=N–C) groups is 1. The van der Waals surface area contributed by atoms with Gasteiger partial charge in [0.05, 0.1) is 27.0 Å². The van der Waals surface area contributed by atoms with Crippen LogP contribution >= 0.6 is 73.5 Å². The van der Waals surface area contributed by atoms with Crippen molar-refractivity contribution in [1.82, 2.24) is 0 Å². The number of aryl methyl sites for hydroxylation is 2. The van der Waals surface area contributed by atoms with Crippen molar-refractivity contribution in [2.75, 3.05) is 12.0 Å². The van der Waals surface area contributed by atoms with Crippen LogP contribution in [0.2, 0.25) is 10.0 Å². The van der Waals surface area contributed by atoms with Crippen LogP contribution in [0.25, 0.3) is 6.08 Å². The molecule has 10 heteroatoms. The largest absolute Gasteiger partial charge is 0.493 e. The zero-order valence-electron chi connectivity index (χ0n) is 22.8. The Bertz CT molecular complexity index is 1740. The van der Waals surface area contributed by atoms with Crippen LogP contribution in [-0.4, -0.2) is 18.2 Å². The quantitative estimate of drug-likeness (QED) is 0.138. The molecule has 1 amide bonds. The topological polar surface area (TPSA) is 51.1 Å². The van der Waals surface area contributed by atoms with Crippen molar-refractivity contribution in [3.05, 3.63) is 118 Å². The van der Waals surface area contributed by atoms with Gasteiger partial charge in [0.1, 0.15) is 6.61 Å². The molecular weight excluding hydrogens is 770 g/mol. The van der Waals surface area contributed by atoms with E-state index in [0.717, 1.165) is 30.3 Å². The van der Waals surface area contributed by atoms with E-state index in [2.05, 4.69) is 38.5 Å². The summed E-state index contributed by atoms with van der Waals surface area (Å²) in [4.78, 5) is 20.7. The summed E-state index contributed by atoms with van der Waals surface area (Å²) in [5.41, 5.74) is 4.98. The van der Waals surface area contributed by atoms with Crippen LogP contribution in [-0.2, 0) is 11.4 Å². The maximum absolute atomic E-state index is 13.8. The smallest absolute Gasteiger partial charge is 0.271 e. The van der Waals surface area contributed by atoms with Crippen molar-refractivity contribution >= 4 is 102 Å². The molecule has 0 spiro atoms. The molecule has 1 fully saturated rings. The number of carbonyl (C=O) groups excluding carboxylic acids is 1. The minimum absolute atomic E-state index is 0.207. The normalized spacial score (nSPS) is 15.1. The average Bonchev–Trinajstić information content (AvgIpc) is 3.26. The summed E-state index contributed by atoms with van der Waals surface area (Å²) >= 11 is 19.8. The molecule has 0 aromatic heterocycles. The lowest BCUT2D eigenvalue weighted by Gasteiger charge is -2.17. The lowest BCUT2D eigenvalue weighted by atomic mass is 10.1. The molecule has 0 radical (unpaired) electrons. The van der Waals surface area contributed by atoms with Crippen LogP contribution in [0.1, 0.15) is 22.3 Å². The highest BCUT2D eigenvalue weighted by molar-refractivity contribution is 14.1. The number of carbonyl (C=O) groups is 1. The highest BCUT2D eigenvalue weighted by Gasteiger charge is 2.35. The fourth-order valence-electron chi connectivity index (χ4n) is 4.11. The Kier molecular flexibility index (Phi) is 9.89. The highest BCUT2D eigenvalue weighted by atomic mass is 127. The first kappa shape index (κ1) is 30.9. The Morgan fingerprint density at radius 1 is 0.976 bits per heavy atom. The predicted octanol–water partition coefficient (Wildman–Crippen LogP) is 10.4. The van der Waals surface area contributed by atoms with Crippen LogP contribution in [0.4, 0.5) is 11.4 Å². The zero-order valence-corrected chi connectivity index (χ0v) is 28.8. The Labute approximate surface area is 281 Å². The van der Waals surface area contributed by atoms with Crippen molar-refractivity contribution < 1.29 is 14.3 Å². The minimum Gasteiger partial charge on any atom is -0.493 e. The number of amidine groups is 1. The summed E-state index contributed by atoms with van der Waals surface area (Å²) in [6.45, 7) is 4.25. The first-order valence-electron chi connectivity index (χ1n) is 12.7. The molecule has 0 saturated carbocycles. The summed E-state index contributed by atoms with van der Waals surface area (Å²) in [7, 11) is 1.60. The molecular formula is C32H24BrCl2IN2O3S. The number of nitrogens with zero attached hydrogens (tertiary/aromatic N) is 2. The van der Waals surface area contributed by atoms with Crippen molar-refractivity contribution in [3.63, 3.8) is 0 Å². The number of ether oxygens (including phenoxy) is 2. The molecule has 0 bridgehead atoms. The molecule has 0 N–H and O–H groups in total. The van der Waals surface area contributed by atoms with E-state index in [9.17, 15) is 4.79 Å². The van der Waals surface area contributed by atoms with Gasteiger partial charge in [-0.25, -0.2) is 4.99 Å². The monoisotopic (exact) mass is 792 g/mol. The molecule has 0 unspecified atom stereocenters. The van der Waals surface area contributed by atoms with Crippen LogP contribution in [0.5, 0.6) is 11.5 Å². The number of halogens is 4. The van der Waals surface area contributed by atoms with Crippen molar-refractivity contribution in [3.8, 4) is 11.5 Å². The van der Waals surface area contributed by atoms with Gasteiger partial charge in [-0.15, -0.1) is 0 Å². The molecule has 4 aromatic rings. The molecule has 1 aliphatic heterocycles. The van der Waals surface area contributed by atoms with Crippen LogP contribution in [0, 0.1) is 17.4 Å². The van der Waals surface area contributed by atoms with Gasteiger partial charge < -0.3 is 9.47 Å². The molecule has 0 aliphatic carbocycles. The van der Waals surface area contributed by atoms with Gasteiger partial charge in [-0.2, -0.15) is 0 Å². The molecule has 42 heavy (non-hydrogen) atoms. The summed E-state index contributed by atoms with van der Waals surface area (Å²) in [6.07, 6.45) is 1.84. The Hall–Kier alpha value is -2.50. The van der Waals surface area contributed by atoms with Crippen LogP contribution in [0.15, 0.2) is 87.2 Å². The SMILES string of the molecule is COc1cc(/C=C2/SC(=Nc3ccc(C)c(Cl)c3)N(c3ccc(C)c(Cl)c3)C2=O)cc(I)c1OCc1ccc(Br)cc1. The second-order valence-corrected chi connectivity index (χ2v) is 13.4. The number of anilines is 1. The van der Waals surface area contributed by atoms with E-state index < -0.39 is 0 Å². The van der Waals surface area contributed by atoms with E-state index in [4.69, 9.17) is 37.7 Å². The molecule has 214 valence electrons. The number of hydrogen-bond acceptors (Lipinski definition) is 5. The van der Waals surface area contributed by atoms with Gasteiger partial charge in [0, 0.05) is 14.5 Å². The first-order valence-corrected chi connectivity index (χ1v) is 16.2. The number of rotatable bonds is 7. The lowest BCUT2D eigenvalue weighted by molar-refractivity contribution is -0.113.